The summed E-state index contributed by atoms with van der Waals surface area (Å²) >= 11 is 3.38. The van der Waals surface area contributed by atoms with Gasteiger partial charge < -0.3 is 5.32 Å². The largest absolute Gasteiger partial charge is 0.385 e. The van der Waals surface area contributed by atoms with Crippen molar-refractivity contribution < 1.29 is 0 Å². The molecule has 0 radical (unpaired) electrons. The van der Waals surface area contributed by atoms with Gasteiger partial charge in [-0.3, -0.25) is 0 Å². The van der Waals surface area contributed by atoms with Gasteiger partial charge in [-0.2, -0.15) is 0 Å². The molecule has 1 aromatic heterocycles. The van der Waals surface area contributed by atoms with Gasteiger partial charge >= 0.3 is 0 Å². The number of hydrogen-bond acceptors (Lipinski definition) is 3. The number of anilines is 1. The van der Waals surface area contributed by atoms with E-state index in [1.54, 1.807) is 12.4 Å². The summed E-state index contributed by atoms with van der Waals surface area (Å²) in [4.78, 5) is 8.63. The van der Waals surface area contributed by atoms with Crippen LogP contribution in [-0.2, 0) is 0 Å². The van der Waals surface area contributed by atoms with Crippen LogP contribution in [0.2, 0.25) is 0 Å². The third kappa shape index (κ3) is 3.14. The zero-order valence-electron chi connectivity index (χ0n) is 9.39. The van der Waals surface area contributed by atoms with Gasteiger partial charge in [-0.15, -0.1) is 0 Å². The smallest absolute Gasteiger partial charge is 0.175 e. The molecule has 2 rings (SSSR count). The van der Waals surface area contributed by atoms with Crippen LogP contribution in [0, 0.1) is 0 Å². The summed E-state index contributed by atoms with van der Waals surface area (Å²) in [5.74, 6) is 0.680. The van der Waals surface area contributed by atoms with Crippen LogP contribution in [0.1, 0.15) is 5.56 Å². The van der Waals surface area contributed by atoms with E-state index in [1.165, 1.54) is 0 Å². The van der Waals surface area contributed by atoms with Crippen LogP contribution in [0.5, 0.6) is 0 Å². The van der Waals surface area contributed by atoms with Crippen molar-refractivity contribution in [2.24, 2.45) is 4.99 Å². The molecule has 0 bridgehead atoms. The highest BCUT2D eigenvalue weighted by molar-refractivity contribution is 9.10. The lowest BCUT2D eigenvalue weighted by molar-refractivity contribution is 1.25. The summed E-state index contributed by atoms with van der Waals surface area (Å²) in [5.41, 5.74) is 1.95. The second-order valence-electron chi connectivity index (χ2n) is 3.44. The van der Waals surface area contributed by atoms with Crippen LogP contribution in [0.4, 0.5) is 11.5 Å². The first-order valence-corrected chi connectivity index (χ1v) is 6.01. The molecule has 0 fully saturated rings. The van der Waals surface area contributed by atoms with Crippen molar-refractivity contribution in [2.75, 3.05) is 12.4 Å². The predicted molar refractivity (Wildman–Crippen MR) is 75.2 cm³/mol. The SMILES string of the molecule is CNc1cc(Br)cnc1/N=C/c1ccccc1. The number of nitrogens with one attached hydrogen (secondary N) is 1. The molecule has 1 heterocycles. The Bertz CT molecular complexity index is 523. The van der Waals surface area contributed by atoms with Crippen molar-refractivity contribution in [2.45, 2.75) is 0 Å². The second kappa shape index (κ2) is 5.59. The minimum absolute atomic E-state index is 0.680. The Kier molecular flexibility index (Phi) is 3.88. The molecule has 0 saturated heterocycles. The Balaban J connectivity index is 2.27. The van der Waals surface area contributed by atoms with Crippen molar-refractivity contribution in [3.63, 3.8) is 0 Å². The highest BCUT2D eigenvalue weighted by atomic mass is 79.9. The number of halogens is 1. The fourth-order valence-electron chi connectivity index (χ4n) is 1.39. The summed E-state index contributed by atoms with van der Waals surface area (Å²) in [5, 5.41) is 3.07. The third-order valence-corrected chi connectivity index (χ3v) is 2.67. The average molecular weight is 290 g/mol. The molecule has 0 unspecified atom stereocenters. The lowest BCUT2D eigenvalue weighted by Crippen LogP contribution is -1.91. The Hall–Kier alpha value is -1.68. The molecule has 0 amide bonds. The fourth-order valence-corrected chi connectivity index (χ4v) is 1.72. The Morgan fingerprint density at radius 2 is 2.06 bits per heavy atom. The monoisotopic (exact) mass is 289 g/mol. The first-order chi connectivity index (χ1) is 8.29. The third-order valence-electron chi connectivity index (χ3n) is 2.24. The van der Waals surface area contributed by atoms with Gasteiger partial charge in [0.2, 0.25) is 0 Å². The molecule has 3 nitrogen and oxygen atoms in total. The predicted octanol–water partition coefficient (Wildman–Crippen LogP) is 3.64. The molecule has 0 aliphatic heterocycles. The average Bonchev–Trinajstić information content (AvgIpc) is 2.38. The van der Waals surface area contributed by atoms with E-state index in [4.69, 9.17) is 0 Å². The summed E-state index contributed by atoms with van der Waals surface area (Å²) in [6.07, 6.45) is 3.54. The summed E-state index contributed by atoms with van der Waals surface area (Å²) in [6, 6.07) is 11.9. The van der Waals surface area contributed by atoms with Crippen LogP contribution in [0.15, 0.2) is 52.1 Å². The van der Waals surface area contributed by atoms with Crippen molar-refractivity contribution in [3.05, 3.63) is 52.6 Å². The second-order valence-corrected chi connectivity index (χ2v) is 4.36. The quantitative estimate of drug-likeness (QED) is 0.876. The lowest BCUT2D eigenvalue weighted by atomic mass is 10.2. The maximum Gasteiger partial charge on any atom is 0.175 e. The standard InChI is InChI=1S/C13H12BrN3/c1-15-12-7-11(14)9-17-13(12)16-8-10-5-3-2-4-6-10/h2-9,15H,1H3/b16-8+. The lowest BCUT2D eigenvalue weighted by Gasteiger charge is -2.03. The summed E-state index contributed by atoms with van der Waals surface area (Å²) < 4.78 is 0.931. The molecule has 0 aliphatic carbocycles. The molecule has 0 spiro atoms. The zero-order chi connectivity index (χ0) is 12.1. The van der Waals surface area contributed by atoms with Crippen molar-refractivity contribution in [1.29, 1.82) is 0 Å². The first-order valence-electron chi connectivity index (χ1n) is 5.22. The van der Waals surface area contributed by atoms with E-state index in [1.807, 2.05) is 43.4 Å². The molecule has 86 valence electrons. The highest BCUT2D eigenvalue weighted by Gasteiger charge is 2.00. The number of hydrogen-bond donors (Lipinski definition) is 1. The number of nitrogens with zero attached hydrogens (tertiary/aromatic N) is 2. The number of benzene rings is 1. The van der Waals surface area contributed by atoms with Gasteiger partial charge in [0.05, 0.1) is 5.69 Å². The van der Waals surface area contributed by atoms with Crippen LogP contribution < -0.4 is 5.32 Å². The van der Waals surface area contributed by atoms with Gasteiger partial charge in [-0.05, 0) is 27.6 Å². The van der Waals surface area contributed by atoms with E-state index < -0.39 is 0 Å². The molecule has 1 aromatic carbocycles. The van der Waals surface area contributed by atoms with Gasteiger partial charge in [0, 0.05) is 23.9 Å². The molecule has 2 aromatic rings. The summed E-state index contributed by atoms with van der Waals surface area (Å²) in [7, 11) is 1.85. The molecule has 0 aliphatic rings. The normalized spacial score (nSPS) is 10.7. The fraction of sp³-hybridized carbons (Fsp3) is 0.0769. The zero-order valence-corrected chi connectivity index (χ0v) is 11.0. The molecule has 0 atom stereocenters. The Morgan fingerprint density at radius 1 is 1.29 bits per heavy atom. The van der Waals surface area contributed by atoms with Gasteiger partial charge in [0.25, 0.3) is 0 Å². The van der Waals surface area contributed by atoms with E-state index in [9.17, 15) is 0 Å². The van der Waals surface area contributed by atoms with Crippen molar-refractivity contribution in [1.82, 2.24) is 4.98 Å². The molecular weight excluding hydrogens is 278 g/mol. The minimum atomic E-state index is 0.680. The van der Waals surface area contributed by atoms with Crippen LogP contribution in [0.3, 0.4) is 0 Å². The van der Waals surface area contributed by atoms with E-state index in [2.05, 4.69) is 31.2 Å². The van der Waals surface area contributed by atoms with Crippen LogP contribution in [0.25, 0.3) is 0 Å². The van der Waals surface area contributed by atoms with Crippen molar-refractivity contribution in [3.8, 4) is 0 Å². The first kappa shape index (κ1) is 11.8. The maximum atomic E-state index is 4.37. The van der Waals surface area contributed by atoms with Crippen LogP contribution >= 0.6 is 15.9 Å². The van der Waals surface area contributed by atoms with Gasteiger partial charge in [0.15, 0.2) is 5.82 Å². The van der Waals surface area contributed by atoms with Crippen molar-refractivity contribution >= 4 is 33.6 Å². The highest BCUT2D eigenvalue weighted by Crippen LogP contribution is 2.24. The minimum Gasteiger partial charge on any atom is -0.385 e. The van der Waals surface area contributed by atoms with E-state index in [-0.39, 0.29) is 0 Å². The Morgan fingerprint density at radius 3 is 2.76 bits per heavy atom. The topological polar surface area (TPSA) is 37.3 Å². The van der Waals surface area contributed by atoms with Crippen LogP contribution in [-0.4, -0.2) is 18.2 Å². The van der Waals surface area contributed by atoms with Gasteiger partial charge in [0.1, 0.15) is 0 Å². The number of rotatable bonds is 3. The van der Waals surface area contributed by atoms with E-state index in [0.29, 0.717) is 5.82 Å². The summed E-state index contributed by atoms with van der Waals surface area (Å²) in [6.45, 7) is 0. The molecule has 0 saturated carbocycles. The number of pyridine rings is 1. The number of aromatic nitrogens is 1. The van der Waals surface area contributed by atoms with Gasteiger partial charge in [-0.1, -0.05) is 30.3 Å². The van der Waals surface area contributed by atoms with E-state index in [0.717, 1.165) is 15.7 Å². The van der Waals surface area contributed by atoms with Gasteiger partial charge in [-0.25, -0.2) is 9.98 Å². The van der Waals surface area contributed by atoms with E-state index >= 15 is 0 Å². The molecular formula is C13H12BrN3. The molecule has 17 heavy (non-hydrogen) atoms. The molecule has 4 heteroatoms. The Labute approximate surface area is 109 Å². The molecule has 1 N–H and O–H groups in total. The maximum absolute atomic E-state index is 4.37. The number of aliphatic imine (C=N–C) groups is 1.